The summed E-state index contributed by atoms with van der Waals surface area (Å²) >= 11 is 0. The van der Waals surface area contributed by atoms with E-state index in [9.17, 15) is 4.79 Å². The molecule has 0 radical (unpaired) electrons. The zero-order chi connectivity index (χ0) is 13.4. The summed E-state index contributed by atoms with van der Waals surface area (Å²) in [5.74, 6) is 1.79. The van der Waals surface area contributed by atoms with E-state index in [1.54, 1.807) is 0 Å². The van der Waals surface area contributed by atoms with Crippen molar-refractivity contribution >= 4 is 11.6 Å². The van der Waals surface area contributed by atoms with Gasteiger partial charge in [0.2, 0.25) is 5.91 Å². The van der Waals surface area contributed by atoms with Crippen LogP contribution in [0.5, 0.6) is 0 Å². The molecule has 0 aliphatic heterocycles. The van der Waals surface area contributed by atoms with Gasteiger partial charge in [0, 0.05) is 5.69 Å². The molecule has 0 bridgehead atoms. The topological polar surface area (TPSA) is 55.1 Å². The van der Waals surface area contributed by atoms with Gasteiger partial charge in [-0.3, -0.25) is 4.79 Å². The van der Waals surface area contributed by atoms with Crippen LogP contribution < -0.4 is 11.1 Å². The largest absolute Gasteiger partial charge is 0.325 e. The molecule has 3 nitrogen and oxygen atoms in total. The molecule has 1 amide bonds. The average Bonchev–Trinajstić information content (AvgIpc) is 3.25. The van der Waals surface area contributed by atoms with Crippen LogP contribution in [0.1, 0.15) is 31.2 Å². The van der Waals surface area contributed by atoms with Crippen LogP contribution in [0.4, 0.5) is 5.69 Å². The molecule has 102 valence electrons. The first-order chi connectivity index (χ1) is 9.15. The molecular formula is C16H22N2O. The van der Waals surface area contributed by atoms with E-state index < -0.39 is 0 Å². The first-order valence-electron chi connectivity index (χ1n) is 7.28. The summed E-state index contributed by atoms with van der Waals surface area (Å²) in [5, 5.41) is 2.95. The first kappa shape index (κ1) is 12.7. The van der Waals surface area contributed by atoms with Crippen molar-refractivity contribution in [2.45, 2.75) is 38.6 Å². The van der Waals surface area contributed by atoms with E-state index in [-0.39, 0.29) is 11.9 Å². The third kappa shape index (κ3) is 2.98. The Hall–Kier alpha value is -1.35. The minimum Gasteiger partial charge on any atom is -0.325 e. The number of rotatable bonds is 5. The highest BCUT2D eigenvalue weighted by molar-refractivity contribution is 5.95. The lowest BCUT2D eigenvalue weighted by atomic mass is 9.89. The number of nitrogens with two attached hydrogens (primary N) is 1. The molecule has 0 spiro atoms. The van der Waals surface area contributed by atoms with Crippen molar-refractivity contribution in [1.82, 2.24) is 0 Å². The summed E-state index contributed by atoms with van der Waals surface area (Å²) in [4.78, 5) is 12.3. The van der Waals surface area contributed by atoms with Crippen LogP contribution in [0.3, 0.4) is 0 Å². The Morgan fingerprint density at radius 3 is 2.16 bits per heavy atom. The van der Waals surface area contributed by atoms with Crippen molar-refractivity contribution < 1.29 is 4.79 Å². The number of hydrogen-bond acceptors (Lipinski definition) is 2. The smallest absolute Gasteiger partial charge is 0.241 e. The SMILES string of the molecule is Cc1ccc(NC(=O)[C@@H](N)C(C2CC2)C2CC2)cc1. The Kier molecular flexibility index (Phi) is 3.31. The number of aryl methyl sites for hydroxylation is 1. The fourth-order valence-corrected chi connectivity index (χ4v) is 2.97. The number of benzene rings is 1. The maximum atomic E-state index is 12.3. The Labute approximate surface area is 114 Å². The number of nitrogens with one attached hydrogen (secondary N) is 1. The van der Waals surface area contributed by atoms with Gasteiger partial charge >= 0.3 is 0 Å². The molecule has 0 heterocycles. The van der Waals surface area contributed by atoms with Gasteiger partial charge in [0.15, 0.2) is 0 Å². The number of anilines is 1. The van der Waals surface area contributed by atoms with Gasteiger partial charge in [-0.25, -0.2) is 0 Å². The summed E-state index contributed by atoms with van der Waals surface area (Å²) in [6, 6.07) is 7.52. The second-order valence-corrected chi connectivity index (χ2v) is 6.13. The second kappa shape index (κ2) is 4.97. The molecule has 3 N–H and O–H groups in total. The van der Waals surface area contributed by atoms with Gasteiger partial charge in [0.1, 0.15) is 0 Å². The fraction of sp³-hybridized carbons (Fsp3) is 0.562. The zero-order valence-electron chi connectivity index (χ0n) is 11.4. The predicted molar refractivity (Wildman–Crippen MR) is 76.7 cm³/mol. The van der Waals surface area contributed by atoms with Gasteiger partial charge in [0.05, 0.1) is 6.04 Å². The van der Waals surface area contributed by atoms with E-state index in [1.807, 2.05) is 31.2 Å². The molecule has 1 aromatic rings. The van der Waals surface area contributed by atoms with E-state index >= 15 is 0 Å². The van der Waals surface area contributed by atoms with Crippen LogP contribution in [0.25, 0.3) is 0 Å². The Morgan fingerprint density at radius 2 is 1.68 bits per heavy atom. The number of hydrogen-bond donors (Lipinski definition) is 2. The van der Waals surface area contributed by atoms with Crippen LogP contribution in [0.15, 0.2) is 24.3 Å². The molecule has 2 aliphatic carbocycles. The summed E-state index contributed by atoms with van der Waals surface area (Å²) in [6.45, 7) is 2.04. The van der Waals surface area contributed by atoms with Crippen molar-refractivity contribution in [3.05, 3.63) is 29.8 Å². The molecule has 0 saturated heterocycles. The van der Waals surface area contributed by atoms with Crippen LogP contribution in [-0.4, -0.2) is 11.9 Å². The quantitative estimate of drug-likeness (QED) is 0.853. The lowest BCUT2D eigenvalue weighted by molar-refractivity contribution is -0.118. The first-order valence-corrected chi connectivity index (χ1v) is 7.28. The van der Waals surface area contributed by atoms with Gasteiger partial charge < -0.3 is 11.1 Å². The highest BCUT2D eigenvalue weighted by atomic mass is 16.2. The molecule has 2 saturated carbocycles. The Bertz CT molecular complexity index is 448. The van der Waals surface area contributed by atoms with Crippen molar-refractivity contribution in [1.29, 1.82) is 0 Å². The van der Waals surface area contributed by atoms with Gasteiger partial charge in [-0.05, 0) is 62.5 Å². The third-order valence-electron chi connectivity index (χ3n) is 4.37. The van der Waals surface area contributed by atoms with E-state index in [0.717, 1.165) is 5.69 Å². The van der Waals surface area contributed by atoms with Crippen LogP contribution in [0, 0.1) is 24.7 Å². The molecule has 2 fully saturated rings. The predicted octanol–water partition coefficient (Wildman–Crippen LogP) is 2.70. The molecule has 1 atom stereocenters. The Balaban J connectivity index is 1.63. The van der Waals surface area contributed by atoms with Crippen LogP contribution in [-0.2, 0) is 4.79 Å². The van der Waals surface area contributed by atoms with Gasteiger partial charge in [-0.2, -0.15) is 0 Å². The molecule has 0 aromatic heterocycles. The zero-order valence-corrected chi connectivity index (χ0v) is 11.4. The minimum absolute atomic E-state index is 0.0207. The molecule has 1 aromatic carbocycles. The van der Waals surface area contributed by atoms with E-state index in [2.05, 4.69) is 5.32 Å². The number of amides is 1. The highest BCUT2D eigenvalue weighted by Crippen LogP contribution is 2.50. The number of carbonyl (C=O) groups is 1. The maximum Gasteiger partial charge on any atom is 0.241 e. The third-order valence-corrected chi connectivity index (χ3v) is 4.37. The maximum absolute atomic E-state index is 12.3. The summed E-state index contributed by atoms with van der Waals surface area (Å²) in [6.07, 6.45) is 5.03. The monoisotopic (exact) mass is 258 g/mol. The van der Waals surface area contributed by atoms with Crippen molar-refractivity contribution in [2.24, 2.45) is 23.5 Å². The summed E-state index contributed by atoms with van der Waals surface area (Å²) in [7, 11) is 0. The van der Waals surface area contributed by atoms with E-state index in [4.69, 9.17) is 5.73 Å². The van der Waals surface area contributed by atoms with E-state index in [1.165, 1.54) is 31.2 Å². The van der Waals surface area contributed by atoms with Gasteiger partial charge in [0.25, 0.3) is 0 Å². The van der Waals surface area contributed by atoms with Gasteiger partial charge in [-0.1, -0.05) is 17.7 Å². The molecule has 0 unspecified atom stereocenters. The second-order valence-electron chi connectivity index (χ2n) is 6.13. The summed E-state index contributed by atoms with van der Waals surface area (Å²) in [5.41, 5.74) is 8.24. The summed E-state index contributed by atoms with van der Waals surface area (Å²) < 4.78 is 0. The molecule has 19 heavy (non-hydrogen) atoms. The average molecular weight is 258 g/mol. The standard InChI is InChI=1S/C16H22N2O/c1-10-2-8-13(9-3-10)18-16(19)15(17)14(11-4-5-11)12-6-7-12/h2-3,8-9,11-12,14-15H,4-7,17H2,1H3,(H,18,19)/t15-/m0/s1. The fourth-order valence-electron chi connectivity index (χ4n) is 2.97. The van der Waals surface area contributed by atoms with Crippen molar-refractivity contribution in [2.75, 3.05) is 5.32 Å². The molecule has 2 aliphatic rings. The number of carbonyl (C=O) groups excluding carboxylic acids is 1. The normalized spacial score (nSPS) is 20.4. The molecule has 3 heteroatoms. The minimum atomic E-state index is -0.346. The van der Waals surface area contributed by atoms with Crippen LogP contribution in [0.2, 0.25) is 0 Å². The van der Waals surface area contributed by atoms with Crippen molar-refractivity contribution in [3.63, 3.8) is 0 Å². The molecule has 3 rings (SSSR count). The molecular weight excluding hydrogens is 236 g/mol. The lowest BCUT2D eigenvalue weighted by Crippen LogP contribution is -2.43. The van der Waals surface area contributed by atoms with Crippen molar-refractivity contribution in [3.8, 4) is 0 Å². The van der Waals surface area contributed by atoms with E-state index in [0.29, 0.717) is 17.8 Å². The Morgan fingerprint density at radius 1 is 1.16 bits per heavy atom. The van der Waals surface area contributed by atoms with Gasteiger partial charge in [-0.15, -0.1) is 0 Å². The highest BCUT2D eigenvalue weighted by Gasteiger charge is 2.46. The lowest BCUT2D eigenvalue weighted by Gasteiger charge is -2.22. The van der Waals surface area contributed by atoms with Crippen LogP contribution >= 0.6 is 0 Å².